The van der Waals surface area contributed by atoms with Gasteiger partial charge in [-0.05, 0) is 54.3 Å². The summed E-state index contributed by atoms with van der Waals surface area (Å²) in [5, 5.41) is 11.7. The Morgan fingerprint density at radius 2 is 1.83 bits per heavy atom. The second-order valence-corrected chi connectivity index (χ2v) is 7.10. The van der Waals surface area contributed by atoms with Gasteiger partial charge in [0.25, 0.3) is 0 Å². The number of hydrogen-bond donors (Lipinski definition) is 1. The van der Waals surface area contributed by atoms with Gasteiger partial charge in [-0.25, -0.2) is 0 Å². The minimum absolute atomic E-state index is 0.0724. The molecule has 0 radical (unpaired) electrons. The topological polar surface area (TPSA) is 63.8 Å². The Labute approximate surface area is 169 Å². The highest BCUT2D eigenvalue weighted by Gasteiger charge is 2.19. The van der Waals surface area contributed by atoms with E-state index in [2.05, 4.69) is 57.8 Å². The molecule has 0 spiro atoms. The largest absolute Gasteiger partial charge is 0.403 e. The second kappa shape index (κ2) is 7.36. The highest BCUT2D eigenvalue weighted by Crippen LogP contribution is 2.35. The van der Waals surface area contributed by atoms with Gasteiger partial charge in [0.15, 0.2) is 0 Å². The van der Waals surface area contributed by atoms with Crippen molar-refractivity contribution in [2.45, 2.75) is 19.4 Å². The molecule has 0 aliphatic heterocycles. The number of aromatic nitrogens is 3. The lowest BCUT2D eigenvalue weighted by atomic mass is 10.00. The first kappa shape index (κ1) is 17.4. The van der Waals surface area contributed by atoms with Crippen molar-refractivity contribution in [2.75, 3.05) is 5.32 Å². The Hall–Kier alpha value is -3.73. The van der Waals surface area contributed by atoms with Crippen LogP contribution >= 0.6 is 0 Å². The molecule has 1 aliphatic rings. The normalized spacial score (nSPS) is 13.6. The van der Waals surface area contributed by atoms with Crippen molar-refractivity contribution < 1.29 is 4.42 Å². The SMILES string of the molecule is CC(Nc1nnc(-c2ccc3c(c2)C(c2ccccn2)=CC3)o1)c1ccccc1. The van der Waals surface area contributed by atoms with Crippen LogP contribution < -0.4 is 5.32 Å². The third kappa shape index (κ3) is 3.43. The van der Waals surface area contributed by atoms with E-state index in [4.69, 9.17) is 4.42 Å². The molecule has 2 aromatic heterocycles. The molecule has 0 amide bonds. The van der Waals surface area contributed by atoms with Gasteiger partial charge in [-0.1, -0.05) is 53.6 Å². The molecule has 1 atom stereocenters. The third-order valence-electron chi connectivity index (χ3n) is 5.18. The molecule has 5 rings (SSSR count). The van der Waals surface area contributed by atoms with E-state index in [0.29, 0.717) is 11.9 Å². The smallest absolute Gasteiger partial charge is 0.316 e. The average Bonchev–Trinajstić information content (AvgIpc) is 3.41. The average molecular weight is 380 g/mol. The number of pyridine rings is 1. The predicted molar refractivity (Wildman–Crippen MR) is 113 cm³/mol. The summed E-state index contributed by atoms with van der Waals surface area (Å²) < 4.78 is 5.89. The Balaban J connectivity index is 1.40. The maximum atomic E-state index is 5.89. The van der Waals surface area contributed by atoms with Gasteiger partial charge in [-0.15, -0.1) is 5.10 Å². The molecule has 1 N–H and O–H groups in total. The minimum atomic E-state index is 0.0724. The van der Waals surface area contributed by atoms with Gasteiger partial charge in [-0.3, -0.25) is 4.98 Å². The zero-order chi connectivity index (χ0) is 19.6. The molecule has 5 heteroatoms. The van der Waals surface area contributed by atoms with Crippen LogP contribution in [-0.4, -0.2) is 15.2 Å². The van der Waals surface area contributed by atoms with E-state index in [1.165, 1.54) is 11.1 Å². The first-order chi connectivity index (χ1) is 14.3. The lowest BCUT2D eigenvalue weighted by molar-refractivity contribution is 0.573. The van der Waals surface area contributed by atoms with E-state index >= 15 is 0 Å². The number of anilines is 1. The standard InChI is InChI=1S/C24H20N4O/c1-16(17-7-3-2-4-8-17)26-24-28-27-23(29-24)19-11-10-18-12-13-20(21(18)15-19)22-9-5-6-14-25-22/h2-11,13-16H,12H2,1H3,(H,26,28). The number of hydrogen-bond acceptors (Lipinski definition) is 5. The van der Waals surface area contributed by atoms with Gasteiger partial charge < -0.3 is 9.73 Å². The maximum absolute atomic E-state index is 5.89. The van der Waals surface area contributed by atoms with E-state index < -0.39 is 0 Å². The quantitative estimate of drug-likeness (QED) is 0.509. The fourth-order valence-electron chi connectivity index (χ4n) is 3.63. The van der Waals surface area contributed by atoms with Crippen LogP contribution in [0.4, 0.5) is 6.01 Å². The van der Waals surface area contributed by atoms with E-state index in [9.17, 15) is 0 Å². The zero-order valence-electron chi connectivity index (χ0n) is 16.0. The molecule has 2 aromatic carbocycles. The number of nitrogens with one attached hydrogen (secondary N) is 1. The third-order valence-corrected chi connectivity index (χ3v) is 5.18. The monoisotopic (exact) mass is 380 g/mol. The van der Waals surface area contributed by atoms with E-state index in [0.717, 1.165) is 28.8 Å². The van der Waals surface area contributed by atoms with Crippen LogP contribution in [0.15, 0.2) is 83.4 Å². The number of benzene rings is 2. The van der Waals surface area contributed by atoms with E-state index in [-0.39, 0.29) is 6.04 Å². The highest BCUT2D eigenvalue weighted by molar-refractivity contribution is 5.84. The molecule has 29 heavy (non-hydrogen) atoms. The molecule has 0 bridgehead atoms. The van der Waals surface area contributed by atoms with Crippen molar-refractivity contribution in [1.82, 2.24) is 15.2 Å². The molecule has 1 aliphatic carbocycles. The van der Waals surface area contributed by atoms with Gasteiger partial charge in [0.1, 0.15) is 0 Å². The van der Waals surface area contributed by atoms with Gasteiger partial charge in [0.05, 0.1) is 11.7 Å². The molecular weight excluding hydrogens is 360 g/mol. The second-order valence-electron chi connectivity index (χ2n) is 7.10. The van der Waals surface area contributed by atoms with Gasteiger partial charge in [0, 0.05) is 17.3 Å². The van der Waals surface area contributed by atoms with Crippen molar-refractivity contribution >= 4 is 11.6 Å². The summed E-state index contributed by atoms with van der Waals surface area (Å²) in [6.07, 6.45) is 4.95. The van der Waals surface area contributed by atoms with Crippen LogP contribution in [-0.2, 0) is 6.42 Å². The first-order valence-electron chi connectivity index (χ1n) is 9.68. The van der Waals surface area contributed by atoms with Crippen molar-refractivity contribution in [1.29, 1.82) is 0 Å². The molecule has 1 unspecified atom stereocenters. The predicted octanol–water partition coefficient (Wildman–Crippen LogP) is 5.29. The lowest BCUT2D eigenvalue weighted by Gasteiger charge is -2.11. The molecule has 0 fully saturated rings. The van der Waals surface area contributed by atoms with Gasteiger partial charge in [0.2, 0.25) is 5.89 Å². The zero-order valence-corrected chi connectivity index (χ0v) is 16.0. The molecule has 4 aromatic rings. The number of nitrogens with zero attached hydrogens (tertiary/aromatic N) is 3. The Morgan fingerprint density at radius 3 is 2.66 bits per heavy atom. The summed E-state index contributed by atoms with van der Waals surface area (Å²) in [5.74, 6) is 0.503. The van der Waals surface area contributed by atoms with Crippen molar-refractivity contribution in [2.24, 2.45) is 0 Å². The number of allylic oxidation sites excluding steroid dienone is 1. The summed E-state index contributed by atoms with van der Waals surface area (Å²) in [7, 11) is 0. The summed E-state index contributed by atoms with van der Waals surface area (Å²) >= 11 is 0. The van der Waals surface area contributed by atoms with Crippen LogP contribution in [0.1, 0.15) is 35.3 Å². The van der Waals surface area contributed by atoms with Crippen molar-refractivity contribution in [3.8, 4) is 11.5 Å². The number of rotatable bonds is 5. The van der Waals surface area contributed by atoms with Crippen LogP contribution in [0.2, 0.25) is 0 Å². The summed E-state index contributed by atoms with van der Waals surface area (Å²) in [6.45, 7) is 2.07. The van der Waals surface area contributed by atoms with Crippen molar-refractivity contribution in [3.63, 3.8) is 0 Å². The van der Waals surface area contributed by atoms with Crippen molar-refractivity contribution in [3.05, 3.63) is 101 Å². The first-order valence-corrected chi connectivity index (χ1v) is 9.68. The molecule has 5 nitrogen and oxygen atoms in total. The molecule has 2 heterocycles. The fraction of sp³-hybridized carbons (Fsp3) is 0.125. The Morgan fingerprint density at radius 1 is 0.966 bits per heavy atom. The Kier molecular flexibility index (Phi) is 4.41. The summed E-state index contributed by atoms with van der Waals surface area (Å²) in [6, 6.07) is 22.9. The molecule has 142 valence electrons. The maximum Gasteiger partial charge on any atom is 0.316 e. The van der Waals surface area contributed by atoms with Crippen LogP contribution in [0.25, 0.3) is 17.0 Å². The van der Waals surface area contributed by atoms with E-state index in [1.807, 2.05) is 48.7 Å². The van der Waals surface area contributed by atoms with E-state index in [1.54, 1.807) is 0 Å². The van der Waals surface area contributed by atoms with Crippen LogP contribution in [0.5, 0.6) is 0 Å². The van der Waals surface area contributed by atoms with Crippen LogP contribution in [0.3, 0.4) is 0 Å². The molecule has 0 saturated carbocycles. The van der Waals surface area contributed by atoms with Crippen LogP contribution in [0, 0.1) is 0 Å². The lowest BCUT2D eigenvalue weighted by Crippen LogP contribution is -2.06. The van der Waals surface area contributed by atoms with Gasteiger partial charge in [-0.2, -0.15) is 0 Å². The Bertz CT molecular complexity index is 1170. The summed E-state index contributed by atoms with van der Waals surface area (Å²) in [4.78, 5) is 4.50. The van der Waals surface area contributed by atoms with Gasteiger partial charge >= 0.3 is 6.01 Å². The minimum Gasteiger partial charge on any atom is -0.403 e. The number of fused-ring (bicyclic) bond motifs is 1. The fourth-order valence-corrected chi connectivity index (χ4v) is 3.63. The summed E-state index contributed by atoms with van der Waals surface area (Å²) in [5.41, 5.74) is 6.65. The molecule has 0 saturated heterocycles. The highest BCUT2D eigenvalue weighted by atomic mass is 16.4. The molecular formula is C24H20N4O.